The number of hydrogen-bond acceptors (Lipinski definition) is 5. The second kappa shape index (κ2) is 6.53. The number of ether oxygens (including phenoxy) is 1. The fraction of sp³-hybridized carbons (Fsp3) is 0.200. The van der Waals surface area contributed by atoms with Crippen molar-refractivity contribution in [1.29, 1.82) is 0 Å². The summed E-state index contributed by atoms with van der Waals surface area (Å²) in [7, 11) is 1.23. The van der Waals surface area contributed by atoms with Gasteiger partial charge in [0.2, 0.25) is 11.5 Å². The van der Waals surface area contributed by atoms with Crippen LogP contribution in [-0.4, -0.2) is 29.7 Å². The molecule has 1 atom stereocenters. The average molecular weight is 337 g/mol. The molecule has 0 radical (unpaired) electrons. The third kappa shape index (κ3) is 3.06. The highest BCUT2D eigenvalue weighted by atomic mass is 16.5. The Labute approximate surface area is 146 Å². The first-order chi connectivity index (χ1) is 12.0. The monoisotopic (exact) mass is 337 g/mol. The van der Waals surface area contributed by atoms with E-state index in [0.717, 1.165) is 11.1 Å². The van der Waals surface area contributed by atoms with Crippen LogP contribution >= 0.6 is 0 Å². The van der Waals surface area contributed by atoms with Gasteiger partial charge in [0.15, 0.2) is 0 Å². The molecular weight excluding hydrogens is 318 g/mol. The van der Waals surface area contributed by atoms with Crippen molar-refractivity contribution in [3.8, 4) is 0 Å². The maximum Gasteiger partial charge on any atom is 0.310 e. The molecule has 1 aliphatic heterocycles. The molecule has 1 N–H and O–H groups in total. The van der Waals surface area contributed by atoms with Crippen LogP contribution in [0.5, 0.6) is 0 Å². The number of ketones is 1. The summed E-state index contributed by atoms with van der Waals surface area (Å²) in [4.78, 5) is 25.9. The van der Waals surface area contributed by atoms with Gasteiger partial charge in [0.25, 0.3) is 0 Å². The van der Waals surface area contributed by atoms with E-state index >= 15 is 0 Å². The van der Waals surface area contributed by atoms with Crippen LogP contribution in [-0.2, 0) is 14.3 Å². The molecule has 0 bridgehead atoms. The van der Waals surface area contributed by atoms with E-state index in [0.29, 0.717) is 11.4 Å². The van der Waals surface area contributed by atoms with Gasteiger partial charge >= 0.3 is 5.97 Å². The van der Waals surface area contributed by atoms with E-state index in [9.17, 15) is 14.7 Å². The maximum atomic E-state index is 12.6. The highest BCUT2D eigenvalue weighted by Crippen LogP contribution is 2.40. The molecule has 3 rings (SSSR count). The van der Waals surface area contributed by atoms with Gasteiger partial charge in [-0.2, -0.15) is 0 Å². The molecule has 1 aliphatic rings. The van der Waals surface area contributed by atoms with Gasteiger partial charge in [0, 0.05) is 11.8 Å². The third-order valence-electron chi connectivity index (χ3n) is 4.25. The largest absolute Gasteiger partial charge is 0.469 e. The lowest BCUT2D eigenvalue weighted by Gasteiger charge is -2.35. The van der Waals surface area contributed by atoms with Gasteiger partial charge in [0.05, 0.1) is 12.8 Å². The number of carbonyl (C=O) groups is 2. The second-order valence-corrected chi connectivity index (χ2v) is 6.00. The number of aryl methyl sites for hydroxylation is 1. The molecule has 1 heterocycles. The number of nitrogens with zero attached hydrogens (tertiary/aromatic N) is 1. The van der Waals surface area contributed by atoms with Gasteiger partial charge < -0.3 is 14.7 Å². The number of rotatable bonds is 4. The second-order valence-electron chi connectivity index (χ2n) is 6.00. The SMILES string of the molecule is COC(=O)C[C@]1(O)C(=O)C=C(c2ccccc2)N1c1ccc(C)cc1. The number of esters is 1. The zero-order chi connectivity index (χ0) is 18.0. The summed E-state index contributed by atoms with van der Waals surface area (Å²) in [5, 5.41) is 11.1. The molecule has 0 saturated heterocycles. The number of hydrogen-bond donors (Lipinski definition) is 1. The van der Waals surface area contributed by atoms with Crippen molar-refractivity contribution in [2.75, 3.05) is 12.0 Å². The van der Waals surface area contributed by atoms with Crippen LogP contribution in [0.1, 0.15) is 17.5 Å². The smallest absolute Gasteiger partial charge is 0.310 e. The van der Waals surface area contributed by atoms with Crippen LogP contribution in [0.25, 0.3) is 5.70 Å². The van der Waals surface area contributed by atoms with Crippen LogP contribution in [0.3, 0.4) is 0 Å². The summed E-state index contributed by atoms with van der Waals surface area (Å²) < 4.78 is 4.67. The quantitative estimate of drug-likeness (QED) is 0.869. The highest BCUT2D eigenvalue weighted by Gasteiger charge is 2.50. The Morgan fingerprint density at radius 1 is 1.12 bits per heavy atom. The predicted molar refractivity (Wildman–Crippen MR) is 94.7 cm³/mol. The molecule has 0 fully saturated rings. The van der Waals surface area contributed by atoms with Crippen molar-refractivity contribution in [2.24, 2.45) is 0 Å². The zero-order valence-electron chi connectivity index (χ0n) is 14.1. The molecule has 0 aliphatic carbocycles. The molecule has 2 aromatic rings. The lowest BCUT2D eigenvalue weighted by atomic mass is 10.0. The topological polar surface area (TPSA) is 66.8 Å². The molecule has 5 heteroatoms. The average Bonchev–Trinajstić information content (AvgIpc) is 2.87. The van der Waals surface area contributed by atoms with Gasteiger partial charge in [-0.05, 0) is 24.6 Å². The normalized spacial score (nSPS) is 19.7. The number of anilines is 1. The first-order valence-electron chi connectivity index (χ1n) is 7.93. The van der Waals surface area contributed by atoms with E-state index in [4.69, 9.17) is 0 Å². The van der Waals surface area contributed by atoms with Crippen LogP contribution < -0.4 is 4.90 Å². The van der Waals surface area contributed by atoms with E-state index in [1.54, 1.807) is 0 Å². The van der Waals surface area contributed by atoms with Crippen LogP contribution in [0, 0.1) is 6.92 Å². The van der Waals surface area contributed by atoms with Crippen molar-refractivity contribution in [2.45, 2.75) is 19.1 Å². The van der Waals surface area contributed by atoms with Crippen molar-refractivity contribution >= 4 is 23.1 Å². The van der Waals surface area contributed by atoms with Crippen molar-refractivity contribution in [3.63, 3.8) is 0 Å². The Hall–Kier alpha value is -2.92. The standard InChI is InChI=1S/C20H19NO4/c1-14-8-10-16(11-9-14)21-17(15-6-4-3-5-7-15)12-18(22)20(21,24)13-19(23)25-2/h3-12,24H,13H2,1-2H3/t20-/m0/s1. The molecule has 128 valence electrons. The van der Waals surface area contributed by atoms with E-state index in [2.05, 4.69) is 4.74 Å². The Morgan fingerprint density at radius 3 is 2.36 bits per heavy atom. The van der Waals surface area contributed by atoms with Gasteiger partial charge in [-0.25, -0.2) is 0 Å². The number of methoxy groups -OCH3 is 1. The van der Waals surface area contributed by atoms with Crippen LogP contribution in [0.4, 0.5) is 5.69 Å². The van der Waals surface area contributed by atoms with Gasteiger partial charge in [-0.1, -0.05) is 48.0 Å². The molecule has 2 aromatic carbocycles. The maximum absolute atomic E-state index is 12.6. The fourth-order valence-corrected chi connectivity index (χ4v) is 2.92. The van der Waals surface area contributed by atoms with Crippen LogP contribution in [0.15, 0.2) is 60.7 Å². The summed E-state index contributed by atoms with van der Waals surface area (Å²) in [5.74, 6) is -1.20. The molecule has 0 saturated carbocycles. The van der Waals surface area contributed by atoms with E-state index in [-0.39, 0.29) is 0 Å². The summed E-state index contributed by atoms with van der Waals surface area (Å²) in [6, 6.07) is 16.7. The molecule has 25 heavy (non-hydrogen) atoms. The van der Waals surface area contributed by atoms with Gasteiger partial charge in [-0.15, -0.1) is 0 Å². The number of benzene rings is 2. The summed E-state index contributed by atoms with van der Waals surface area (Å²) in [5.41, 5.74) is 0.986. The third-order valence-corrected chi connectivity index (χ3v) is 4.25. The van der Waals surface area contributed by atoms with Gasteiger partial charge in [-0.3, -0.25) is 9.59 Å². The Bertz CT molecular complexity index is 827. The zero-order valence-corrected chi connectivity index (χ0v) is 14.1. The summed E-state index contributed by atoms with van der Waals surface area (Å²) in [6.07, 6.45) is 0.918. The molecule has 0 spiro atoms. The Morgan fingerprint density at radius 2 is 1.76 bits per heavy atom. The van der Waals surface area contributed by atoms with E-state index in [1.807, 2.05) is 61.5 Å². The van der Waals surface area contributed by atoms with E-state index < -0.39 is 23.9 Å². The van der Waals surface area contributed by atoms with Crippen molar-refractivity contribution in [3.05, 3.63) is 71.8 Å². The number of carbonyl (C=O) groups excluding carboxylic acids is 2. The first kappa shape index (κ1) is 16.9. The van der Waals surface area contributed by atoms with Crippen LogP contribution in [0.2, 0.25) is 0 Å². The predicted octanol–water partition coefficient (Wildman–Crippen LogP) is 2.68. The summed E-state index contributed by atoms with van der Waals surface area (Å²) in [6.45, 7) is 1.95. The van der Waals surface area contributed by atoms with E-state index in [1.165, 1.54) is 18.1 Å². The van der Waals surface area contributed by atoms with Crippen molar-refractivity contribution < 1.29 is 19.4 Å². The lowest BCUT2D eigenvalue weighted by molar-refractivity contribution is -0.150. The molecule has 0 amide bonds. The first-order valence-corrected chi connectivity index (χ1v) is 7.93. The molecule has 0 aromatic heterocycles. The lowest BCUT2D eigenvalue weighted by Crippen LogP contribution is -2.51. The molecular formula is C20H19NO4. The minimum Gasteiger partial charge on any atom is -0.469 e. The Kier molecular flexibility index (Phi) is 4.42. The fourth-order valence-electron chi connectivity index (χ4n) is 2.92. The summed E-state index contributed by atoms with van der Waals surface area (Å²) >= 11 is 0. The molecule has 5 nitrogen and oxygen atoms in total. The van der Waals surface area contributed by atoms with Crippen molar-refractivity contribution in [1.82, 2.24) is 0 Å². The minimum absolute atomic E-state index is 0.455. The number of aliphatic hydroxyl groups is 1. The molecule has 0 unspecified atom stereocenters. The minimum atomic E-state index is -2.01. The highest BCUT2D eigenvalue weighted by molar-refractivity contribution is 6.14. The Balaban J connectivity index is 2.12. The van der Waals surface area contributed by atoms with Gasteiger partial charge in [0.1, 0.15) is 6.42 Å².